The van der Waals surface area contributed by atoms with Gasteiger partial charge in [-0.15, -0.1) is 0 Å². The Balaban J connectivity index is 0.00000155. The molecule has 0 spiro atoms. The molecule has 2 heterocycles. The van der Waals surface area contributed by atoms with E-state index in [9.17, 15) is 14.0 Å². The molecule has 0 saturated carbocycles. The van der Waals surface area contributed by atoms with Crippen molar-refractivity contribution in [2.75, 3.05) is 18.5 Å². The van der Waals surface area contributed by atoms with Crippen LogP contribution in [-0.2, 0) is 11.9 Å². The molecule has 0 aliphatic rings. The lowest BCUT2D eigenvalue weighted by molar-refractivity contribution is 0.0169. The first-order chi connectivity index (χ1) is 14.3. The van der Waals surface area contributed by atoms with Gasteiger partial charge in [-0.25, -0.2) is 9.87 Å². The van der Waals surface area contributed by atoms with Crippen molar-refractivity contribution in [3.05, 3.63) is 57.3 Å². The normalized spacial score (nSPS) is 10.5. The van der Waals surface area contributed by atoms with E-state index < -0.39 is 17.3 Å². The van der Waals surface area contributed by atoms with Crippen LogP contribution >= 0.6 is 0 Å². The zero-order valence-electron chi connectivity index (χ0n) is 17.6. The molecule has 0 aliphatic carbocycles. The number of halogens is 1. The summed E-state index contributed by atoms with van der Waals surface area (Å²) in [5.74, 6) is -1.20. The number of rotatable bonds is 6. The zero-order chi connectivity index (χ0) is 22.4. The molecule has 9 heteroatoms. The number of hydrogen-bond acceptors (Lipinski definition) is 6. The van der Waals surface area contributed by atoms with Gasteiger partial charge in [0.25, 0.3) is 11.5 Å². The first kappa shape index (κ1) is 23.1. The van der Waals surface area contributed by atoms with E-state index >= 15 is 0 Å². The number of furan rings is 1. The third-order valence-electron chi connectivity index (χ3n) is 4.26. The molecule has 3 aromatic rings. The molecule has 8 nitrogen and oxygen atoms in total. The molecular weight excluding hydrogens is 393 g/mol. The average Bonchev–Trinajstić information content (AvgIpc) is 3.10. The summed E-state index contributed by atoms with van der Waals surface area (Å²) >= 11 is 0. The number of aliphatic hydroxyl groups excluding tert-OH is 1. The number of aromatic nitrogens is 1. The van der Waals surface area contributed by atoms with Crippen molar-refractivity contribution >= 4 is 28.4 Å². The third-order valence-corrected chi connectivity index (χ3v) is 4.26. The number of fused-ring (bicyclic) bond motifs is 1. The standard InChI is InChI=1S/C19H20FN3O5.C2H6/c1-10-4-5-13(12(20)8-10)21-17-15(18(25)22-28-7-6-24)16-14(11(2)9-27-16)19(26)23(17)3;1-2/h4-5,8-9,21,24H,6-7H2,1-3H3,(H,22,25);1-2H3. The molecule has 162 valence electrons. The number of carbonyl (C=O) groups excluding carboxylic acids is 1. The summed E-state index contributed by atoms with van der Waals surface area (Å²) in [5.41, 5.74) is 3.20. The molecule has 1 amide bonds. The lowest BCUT2D eigenvalue weighted by atomic mass is 10.1. The van der Waals surface area contributed by atoms with E-state index in [1.807, 2.05) is 13.8 Å². The Hall–Kier alpha value is -3.17. The van der Waals surface area contributed by atoms with Crippen LogP contribution in [0, 0.1) is 19.7 Å². The minimum absolute atomic E-state index is 0.0249. The van der Waals surface area contributed by atoms with E-state index in [0.717, 1.165) is 5.56 Å². The highest BCUT2D eigenvalue weighted by molar-refractivity contribution is 6.09. The predicted molar refractivity (Wildman–Crippen MR) is 112 cm³/mol. The molecular formula is C21H26FN3O5. The van der Waals surface area contributed by atoms with Crippen molar-refractivity contribution in [1.82, 2.24) is 10.0 Å². The van der Waals surface area contributed by atoms with Gasteiger partial charge in [0.1, 0.15) is 17.2 Å². The molecule has 1 aromatic carbocycles. The average molecular weight is 419 g/mol. The summed E-state index contributed by atoms with van der Waals surface area (Å²) in [7, 11) is 1.47. The molecule has 3 rings (SSSR count). The highest BCUT2D eigenvalue weighted by Crippen LogP contribution is 2.29. The summed E-state index contributed by atoms with van der Waals surface area (Å²) in [4.78, 5) is 30.4. The van der Waals surface area contributed by atoms with Gasteiger partial charge in [0.05, 0.1) is 30.6 Å². The van der Waals surface area contributed by atoms with Crippen molar-refractivity contribution in [2.24, 2.45) is 7.05 Å². The summed E-state index contributed by atoms with van der Waals surface area (Å²) in [6, 6.07) is 4.54. The van der Waals surface area contributed by atoms with E-state index in [4.69, 9.17) is 14.4 Å². The van der Waals surface area contributed by atoms with Gasteiger partial charge in [-0.2, -0.15) is 0 Å². The highest BCUT2D eigenvalue weighted by Gasteiger charge is 2.25. The lowest BCUT2D eigenvalue weighted by Gasteiger charge is -2.17. The minimum atomic E-state index is -0.710. The number of nitrogens with one attached hydrogen (secondary N) is 2. The number of benzene rings is 1. The van der Waals surface area contributed by atoms with E-state index in [2.05, 4.69) is 10.8 Å². The van der Waals surface area contributed by atoms with E-state index in [0.29, 0.717) is 5.56 Å². The van der Waals surface area contributed by atoms with Gasteiger partial charge >= 0.3 is 0 Å². The van der Waals surface area contributed by atoms with Crippen LogP contribution in [0.1, 0.15) is 35.3 Å². The summed E-state index contributed by atoms with van der Waals surface area (Å²) < 4.78 is 21.0. The van der Waals surface area contributed by atoms with Crippen LogP contribution in [-0.4, -0.2) is 28.8 Å². The molecule has 3 N–H and O–H groups in total. The smallest absolute Gasteiger partial charge is 0.282 e. The fourth-order valence-electron chi connectivity index (χ4n) is 2.86. The van der Waals surface area contributed by atoms with Crippen LogP contribution < -0.4 is 16.4 Å². The van der Waals surface area contributed by atoms with Crippen LogP contribution in [0.4, 0.5) is 15.9 Å². The van der Waals surface area contributed by atoms with Gasteiger partial charge in [0.2, 0.25) is 0 Å². The SMILES string of the molecule is CC.Cc1ccc(Nc2c(C(=O)NOCCO)c3occ(C)c3c(=O)n2C)c(F)c1. The molecule has 0 saturated heterocycles. The Morgan fingerprint density at radius 1 is 1.30 bits per heavy atom. The Morgan fingerprint density at radius 2 is 2.00 bits per heavy atom. The summed E-state index contributed by atoms with van der Waals surface area (Å²) in [5, 5.41) is 11.9. The van der Waals surface area contributed by atoms with E-state index in [-0.39, 0.29) is 41.3 Å². The molecule has 2 aromatic heterocycles. The van der Waals surface area contributed by atoms with Crippen LogP contribution in [0.3, 0.4) is 0 Å². The van der Waals surface area contributed by atoms with E-state index in [1.54, 1.807) is 19.9 Å². The van der Waals surface area contributed by atoms with Crippen LogP contribution in [0.2, 0.25) is 0 Å². The summed E-state index contributed by atoms with van der Waals surface area (Å²) in [6.45, 7) is 7.03. The maximum absolute atomic E-state index is 14.3. The summed E-state index contributed by atoms with van der Waals surface area (Å²) in [6.07, 6.45) is 1.37. The molecule has 30 heavy (non-hydrogen) atoms. The number of nitrogens with zero attached hydrogens (tertiary/aromatic N) is 1. The Kier molecular flexibility index (Phi) is 7.73. The first-order valence-corrected chi connectivity index (χ1v) is 9.52. The van der Waals surface area contributed by atoms with Crippen molar-refractivity contribution < 1.29 is 23.5 Å². The second kappa shape index (κ2) is 10.0. The number of amides is 1. The van der Waals surface area contributed by atoms with Gasteiger partial charge in [-0.3, -0.25) is 19.0 Å². The van der Waals surface area contributed by atoms with E-state index in [1.165, 1.54) is 30.0 Å². The highest BCUT2D eigenvalue weighted by atomic mass is 19.1. The molecule has 0 aliphatic heterocycles. The van der Waals surface area contributed by atoms with Crippen molar-refractivity contribution in [2.45, 2.75) is 27.7 Å². The van der Waals surface area contributed by atoms with Crippen molar-refractivity contribution in [1.29, 1.82) is 0 Å². The second-order valence-electron chi connectivity index (χ2n) is 6.32. The Morgan fingerprint density at radius 3 is 2.63 bits per heavy atom. The number of carbonyl (C=O) groups is 1. The van der Waals surface area contributed by atoms with Gasteiger partial charge in [0.15, 0.2) is 5.58 Å². The monoisotopic (exact) mass is 419 g/mol. The molecule has 0 unspecified atom stereocenters. The fourth-order valence-corrected chi connectivity index (χ4v) is 2.86. The first-order valence-electron chi connectivity index (χ1n) is 9.52. The van der Waals surface area contributed by atoms with Gasteiger partial charge < -0.3 is 14.8 Å². The zero-order valence-corrected chi connectivity index (χ0v) is 17.6. The number of hydrogen-bond donors (Lipinski definition) is 3. The molecule has 0 radical (unpaired) electrons. The number of aliphatic hydroxyl groups is 1. The fraction of sp³-hybridized carbons (Fsp3) is 0.333. The number of aryl methyl sites for hydroxylation is 2. The largest absolute Gasteiger partial charge is 0.463 e. The predicted octanol–water partition coefficient (Wildman–Crippen LogP) is 3.31. The lowest BCUT2D eigenvalue weighted by Crippen LogP contribution is -2.30. The Labute approximate surface area is 173 Å². The Bertz CT molecular complexity index is 1100. The van der Waals surface area contributed by atoms with Crippen LogP contribution in [0.15, 0.2) is 33.7 Å². The van der Waals surface area contributed by atoms with Gasteiger partial charge in [0, 0.05) is 12.6 Å². The topological polar surface area (TPSA) is 106 Å². The van der Waals surface area contributed by atoms with Crippen LogP contribution in [0.5, 0.6) is 0 Å². The number of pyridine rings is 1. The molecule has 0 fully saturated rings. The maximum atomic E-state index is 14.3. The number of hydroxylamine groups is 1. The third kappa shape index (κ3) is 4.52. The van der Waals surface area contributed by atoms with Crippen LogP contribution in [0.25, 0.3) is 11.0 Å². The second-order valence-corrected chi connectivity index (χ2v) is 6.32. The quantitative estimate of drug-likeness (QED) is 0.418. The van der Waals surface area contributed by atoms with Crippen molar-refractivity contribution in [3.63, 3.8) is 0 Å². The maximum Gasteiger partial charge on any atom is 0.282 e. The molecule has 0 atom stereocenters. The van der Waals surface area contributed by atoms with Crippen molar-refractivity contribution in [3.8, 4) is 0 Å². The van der Waals surface area contributed by atoms with Gasteiger partial charge in [-0.1, -0.05) is 19.9 Å². The number of anilines is 2. The minimum Gasteiger partial charge on any atom is -0.463 e. The van der Waals surface area contributed by atoms with Gasteiger partial charge in [-0.05, 0) is 31.5 Å². The molecule has 0 bridgehead atoms.